The lowest BCUT2D eigenvalue weighted by Crippen LogP contribution is -2.55. The summed E-state index contributed by atoms with van der Waals surface area (Å²) in [6.45, 7) is 3.40. The minimum absolute atomic E-state index is 0.0319. The molecule has 0 bridgehead atoms. The highest BCUT2D eigenvalue weighted by Crippen LogP contribution is 2.18. The molecule has 0 aromatic carbocycles. The van der Waals surface area contributed by atoms with Gasteiger partial charge in [-0.25, -0.2) is 0 Å². The molecule has 3 N–H and O–H groups in total. The predicted octanol–water partition coefficient (Wildman–Crippen LogP) is 0.111. The quantitative estimate of drug-likeness (QED) is 0.808. The summed E-state index contributed by atoms with van der Waals surface area (Å²) < 4.78 is 5.22. The molecule has 1 fully saturated rings. The zero-order valence-electron chi connectivity index (χ0n) is 11.4. The van der Waals surface area contributed by atoms with Gasteiger partial charge in [0, 0.05) is 11.4 Å². The minimum atomic E-state index is -0.522. The molecule has 2 rings (SSSR count). The van der Waals surface area contributed by atoms with E-state index in [9.17, 15) is 9.59 Å². The van der Waals surface area contributed by atoms with Crippen LogP contribution >= 0.6 is 11.3 Å². The van der Waals surface area contributed by atoms with Gasteiger partial charge in [0.1, 0.15) is 6.04 Å². The van der Waals surface area contributed by atoms with E-state index < -0.39 is 11.9 Å². The first-order valence-electron chi connectivity index (χ1n) is 6.52. The molecule has 6 nitrogen and oxygen atoms in total. The number of carbonyl (C=O) groups is 2. The van der Waals surface area contributed by atoms with Gasteiger partial charge >= 0.3 is 0 Å². The minimum Gasteiger partial charge on any atom is -0.378 e. The van der Waals surface area contributed by atoms with Crippen LogP contribution in [0.5, 0.6) is 0 Å². The molecular formula is C13H19N3O3S. The Morgan fingerprint density at radius 2 is 2.45 bits per heavy atom. The summed E-state index contributed by atoms with van der Waals surface area (Å²) in [4.78, 5) is 26.2. The fraction of sp³-hybridized carbons (Fsp3) is 0.538. The van der Waals surface area contributed by atoms with Crippen molar-refractivity contribution in [2.45, 2.75) is 19.0 Å². The van der Waals surface area contributed by atoms with Crippen LogP contribution in [-0.4, -0.2) is 49.1 Å². The molecule has 0 saturated carbocycles. The Hall–Kier alpha value is -1.44. The number of amides is 2. The van der Waals surface area contributed by atoms with E-state index in [4.69, 9.17) is 10.5 Å². The van der Waals surface area contributed by atoms with Crippen LogP contribution < -0.4 is 11.1 Å². The zero-order chi connectivity index (χ0) is 14.5. The maximum absolute atomic E-state index is 12.0. The molecule has 7 heteroatoms. The molecular weight excluding hydrogens is 278 g/mol. The number of hydrogen-bond acceptors (Lipinski definition) is 5. The first kappa shape index (κ1) is 15.0. The standard InChI is InChI=1S/C13H19N3O3S/c1-9(11-3-2-6-20-11)15-12(17)7-16-4-5-19-8-10(16)13(14)18/h2-3,6,9-10H,4-5,7-8H2,1H3,(H2,14,18)(H,15,17). The van der Waals surface area contributed by atoms with Crippen molar-refractivity contribution in [3.8, 4) is 0 Å². The van der Waals surface area contributed by atoms with E-state index in [2.05, 4.69) is 5.32 Å². The Morgan fingerprint density at radius 1 is 1.65 bits per heavy atom. The van der Waals surface area contributed by atoms with Crippen molar-refractivity contribution >= 4 is 23.2 Å². The number of thiophene rings is 1. The van der Waals surface area contributed by atoms with Crippen molar-refractivity contribution in [3.05, 3.63) is 22.4 Å². The van der Waals surface area contributed by atoms with Crippen LogP contribution in [-0.2, 0) is 14.3 Å². The summed E-state index contributed by atoms with van der Waals surface area (Å²) >= 11 is 1.60. The fourth-order valence-corrected chi connectivity index (χ4v) is 2.90. The number of primary amides is 1. The molecule has 0 aliphatic carbocycles. The average molecular weight is 297 g/mol. The van der Waals surface area contributed by atoms with Crippen LogP contribution in [0.25, 0.3) is 0 Å². The highest BCUT2D eigenvalue weighted by Gasteiger charge is 2.29. The van der Waals surface area contributed by atoms with Crippen LogP contribution in [0.4, 0.5) is 0 Å². The number of nitrogens with two attached hydrogens (primary N) is 1. The Morgan fingerprint density at radius 3 is 3.10 bits per heavy atom. The van der Waals surface area contributed by atoms with E-state index in [0.29, 0.717) is 13.2 Å². The number of carbonyl (C=O) groups excluding carboxylic acids is 2. The van der Waals surface area contributed by atoms with Crippen LogP contribution in [0, 0.1) is 0 Å². The van der Waals surface area contributed by atoms with E-state index in [1.54, 1.807) is 16.2 Å². The van der Waals surface area contributed by atoms with Crippen LogP contribution in [0.15, 0.2) is 17.5 Å². The van der Waals surface area contributed by atoms with Gasteiger partial charge in [0.2, 0.25) is 11.8 Å². The van der Waals surface area contributed by atoms with Gasteiger partial charge in [-0.3, -0.25) is 14.5 Å². The highest BCUT2D eigenvalue weighted by atomic mass is 32.1. The van der Waals surface area contributed by atoms with Crippen molar-refractivity contribution < 1.29 is 14.3 Å². The molecule has 0 radical (unpaired) electrons. The summed E-state index contributed by atoms with van der Waals surface area (Å²) in [5.41, 5.74) is 5.32. The number of morpholine rings is 1. The Bertz CT molecular complexity index is 463. The lowest BCUT2D eigenvalue weighted by Gasteiger charge is -2.33. The number of rotatable bonds is 5. The second kappa shape index (κ2) is 6.83. The van der Waals surface area contributed by atoms with E-state index in [0.717, 1.165) is 4.88 Å². The third-order valence-corrected chi connectivity index (χ3v) is 4.32. The lowest BCUT2D eigenvalue weighted by molar-refractivity contribution is -0.133. The van der Waals surface area contributed by atoms with Gasteiger partial charge in [-0.05, 0) is 18.4 Å². The summed E-state index contributed by atoms with van der Waals surface area (Å²) in [5.74, 6) is -0.567. The van der Waals surface area contributed by atoms with Crippen molar-refractivity contribution in [3.63, 3.8) is 0 Å². The van der Waals surface area contributed by atoms with Gasteiger partial charge in [-0.1, -0.05) is 6.07 Å². The molecule has 1 aliphatic heterocycles. The molecule has 2 unspecified atom stereocenters. The van der Waals surface area contributed by atoms with Crippen molar-refractivity contribution in [2.24, 2.45) is 5.73 Å². The molecule has 1 saturated heterocycles. The summed E-state index contributed by atoms with van der Waals surface area (Å²) in [6, 6.07) is 3.38. The van der Waals surface area contributed by atoms with Gasteiger partial charge in [0.15, 0.2) is 0 Å². The van der Waals surface area contributed by atoms with Crippen molar-refractivity contribution in [1.82, 2.24) is 10.2 Å². The Balaban J connectivity index is 1.88. The maximum Gasteiger partial charge on any atom is 0.237 e. The van der Waals surface area contributed by atoms with Crippen LogP contribution in [0.2, 0.25) is 0 Å². The van der Waals surface area contributed by atoms with Gasteiger partial charge in [0.05, 0.1) is 25.8 Å². The number of hydrogen-bond donors (Lipinski definition) is 2. The van der Waals surface area contributed by atoms with E-state index in [1.807, 2.05) is 24.4 Å². The van der Waals surface area contributed by atoms with E-state index in [-0.39, 0.29) is 25.1 Å². The smallest absolute Gasteiger partial charge is 0.237 e. The first-order chi connectivity index (χ1) is 9.58. The average Bonchev–Trinajstić information content (AvgIpc) is 2.92. The molecule has 1 aliphatic rings. The van der Waals surface area contributed by atoms with Crippen molar-refractivity contribution in [2.75, 3.05) is 26.3 Å². The normalized spacial score (nSPS) is 21.4. The number of nitrogens with zero attached hydrogens (tertiary/aromatic N) is 1. The van der Waals surface area contributed by atoms with Gasteiger partial charge < -0.3 is 15.8 Å². The summed E-state index contributed by atoms with van der Waals surface area (Å²) in [7, 11) is 0. The zero-order valence-corrected chi connectivity index (χ0v) is 12.2. The second-order valence-electron chi connectivity index (χ2n) is 4.77. The molecule has 20 heavy (non-hydrogen) atoms. The molecule has 2 heterocycles. The van der Waals surface area contributed by atoms with E-state index in [1.165, 1.54) is 0 Å². The second-order valence-corrected chi connectivity index (χ2v) is 5.75. The number of ether oxygens (including phenoxy) is 1. The summed E-state index contributed by atoms with van der Waals surface area (Å²) in [6.07, 6.45) is 0. The fourth-order valence-electron chi connectivity index (χ4n) is 2.17. The number of nitrogens with one attached hydrogen (secondary N) is 1. The molecule has 2 amide bonds. The molecule has 110 valence electrons. The molecule has 0 spiro atoms. The van der Waals surface area contributed by atoms with Gasteiger partial charge in [0.25, 0.3) is 0 Å². The summed E-state index contributed by atoms with van der Waals surface area (Å²) in [5, 5.41) is 4.90. The molecule has 1 aromatic heterocycles. The van der Waals surface area contributed by atoms with Gasteiger partial charge in [-0.15, -0.1) is 11.3 Å². The van der Waals surface area contributed by atoms with E-state index >= 15 is 0 Å². The monoisotopic (exact) mass is 297 g/mol. The van der Waals surface area contributed by atoms with Crippen molar-refractivity contribution in [1.29, 1.82) is 0 Å². The Kier molecular flexibility index (Phi) is 5.11. The Labute approximate surface area is 121 Å². The largest absolute Gasteiger partial charge is 0.378 e. The third-order valence-electron chi connectivity index (χ3n) is 3.26. The molecule has 1 aromatic rings. The lowest BCUT2D eigenvalue weighted by atomic mass is 10.2. The third kappa shape index (κ3) is 3.78. The predicted molar refractivity (Wildman–Crippen MR) is 76.3 cm³/mol. The first-order valence-corrected chi connectivity index (χ1v) is 7.39. The maximum atomic E-state index is 12.0. The van der Waals surface area contributed by atoms with Crippen LogP contribution in [0.3, 0.4) is 0 Å². The van der Waals surface area contributed by atoms with Gasteiger partial charge in [-0.2, -0.15) is 0 Å². The molecule has 2 atom stereocenters. The SMILES string of the molecule is CC(NC(=O)CN1CCOCC1C(N)=O)c1cccs1. The topological polar surface area (TPSA) is 84.7 Å². The van der Waals surface area contributed by atoms with Crippen LogP contribution in [0.1, 0.15) is 17.8 Å². The highest BCUT2D eigenvalue weighted by molar-refractivity contribution is 7.10.